The maximum absolute atomic E-state index is 12.8. The molecule has 56 heavy (non-hydrogen) atoms. The Bertz CT molecular complexity index is 841. The van der Waals surface area contributed by atoms with E-state index in [-0.39, 0.29) is 31.1 Å². The van der Waals surface area contributed by atoms with Gasteiger partial charge in [0.15, 0.2) is 6.10 Å². The Morgan fingerprint density at radius 2 is 0.589 bits per heavy atom. The van der Waals surface area contributed by atoms with Crippen LogP contribution in [0, 0.1) is 5.92 Å². The fraction of sp³-hybridized carbons (Fsp3) is 0.940. The summed E-state index contributed by atoms with van der Waals surface area (Å²) in [7, 11) is 0. The van der Waals surface area contributed by atoms with Crippen molar-refractivity contribution in [1.29, 1.82) is 0 Å². The molecule has 0 radical (unpaired) electrons. The Morgan fingerprint density at radius 1 is 0.339 bits per heavy atom. The first kappa shape index (κ1) is 54.4. The Morgan fingerprint density at radius 3 is 0.875 bits per heavy atom. The highest BCUT2D eigenvalue weighted by Gasteiger charge is 2.19. The average molecular weight is 793 g/mol. The molecule has 1 atom stereocenters. The third kappa shape index (κ3) is 43.5. The second kappa shape index (κ2) is 44.5. The van der Waals surface area contributed by atoms with E-state index in [0.29, 0.717) is 19.3 Å². The molecule has 0 aliphatic rings. The monoisotopic (exact) mass is 793 g/mol. The fourth-order valence-electron chi connectivity index (χ4n) is 7.51. The van der Waals surface area contributed by atoms with E-state index in [1.807, 2.05) is 0 Å². The van der Waals surface area contributed by atoms with Crippen LogP contribution in [-0.4, -0.2) is 37.2 Å². The number of esters is 3. The van der Waals surface area contributed by atoms with E-state index in [0.717, 1.165) is 63.7 Å². The molecule has 0 heterocycles. The molecule has 6 heteroatoms. The number of carbonyl (C=O) groups excluding carboxylic acids is 3. The summed E-state index contributed by atoms with van der Waals surface area (Å²) in [5, 5.41) is 0. The van der Waals surface area contributed by atoms with E-state index in [2.05, 4.69) is 27.7 Å². The SMILES string of the molecule is CCCCCCCCCCCCCCCCC(=O)O[C@@H](COC(=O)CCCCCCCCCCCCCC)COC(=O)CCCCCCCCCCCC(C)C. The van der Waals surface area contributed by atoms with Crippen molar-refractivity contribution in [2.24, 2.45) is 5.92 Å². The zero-order valence-electron chi connectivity index (χ0n) is 38.1. The molecule has 0 amide bonds. The molecule has 0 bridgehead atoms. The minimum Gasteiger partial charge on any atom is -0.462 e. The number of ether oxygens (including phenoxy) is 3. The summed E-state index contributed by atoms with van der Waals surface area (Å²) in [6.07, 6.45) is 45.1. The second-order valence-corrected chi connectivity index (χ2v) is 17.6. The topological polar surface area (TPSA) is 78.9 Å². The number of unbranched alkanes of at least 4 members (excludes halogenated alkanes) is 32. The Kier molecular flexibility index (Phi) is 43.2. The van der Waals surface area contributed by atoms with Crippen molar-refractivity contribution in [3.8, 4) is 0 Å². The van der Waals surface area contributed by atoms with Crippen LogP contribution in [0.1, 0.15) is 278 Å². The summed E-state index contributed by atoms with van der Waals surface area (Å²) in [4.78, 5) is 37.8. The molecule has 332 valence electrons. The van der Waals surface area contributed by atoms with Crippen molar-refractivity contribution in [2.75, 3.05) is 13.2 Å². The third-order valence-corrected chi connectivity index (χ3v) is 11.3. The fourth-order valence-corrected chi connectivity index (χ4v) is 7.51. The highest BCUT2D eigenvalue weighted by Crippen LogP contribution is 2.17. The Hall–Kier alpha value is -1.59. The van der Waals surface area contributed by atoms with Crippen LogP contribution in [0.3, 0.4) is 0 Å². The van der Waals surface area contributed by atoms with E-state index in [9.17, 15) is 14.4 Å². The van der Waals surface area contributed by atoms with Crippen LogP contribution in [0.4, 0.5) is 0 Å². The van der Waals surface area contributed by atoms with Gasteiger partial charge in [-0.15, -0.1) is 0 Å². The van der Waals surface area contributed by atoms with Crippen LogP contribution in [0.15, 0.2) is 0 Å². The molecule has 0 N–H and O–H groups in total. The Labute approximate surface area is 348 Å². The maximum Gasteiger partial charge on any atom is 0.306 e. The van der Waals surface area contributed by atoms with Crippen molar-refractivity contribution < 1.29 is 28.6 Å². The molecule has 0 aliphatic heterocycles. The van der Waals surface area contributed by atoms with Crippen molar-refractivity contribution in [1.82, 2.24) is 0 Å². The first-order valence-electron chi connectivity index (χ1n) is 24.9. The van der Waals surface area contributed by atoms with Gasteiger partial charge in [-0.2, -0.15) is 0 Å². The summed E-state index contributed by atoms with van der Waals surface area (Å²) in [5.41, 5.74) is 0. The standard InChI is InChI=1S/C50H96O6/c1-5-7-9-11-13-15-17-19-20-22-26-31-35-39-43-50(53)56-47(44-54-48(51)41-37-33-29-25-21-18-16-14-12-10-8-6-2)45-55-49(52)42-38-34-30-27-23-24-28-32-36-40-46(3)4/h46-47H,5-45H2,1-4H3/t47-/m0/s1. The molecule has 0 fully saturated rings. The van der Waals surface area contributed by atoms with Crippen LogP contribution in [0.2, 0.25) is 0 Å². The molecule has 0 aromatic heterocycles. The van der Waals surface area contributed by atoms with Gasteiger partial charge in [0.2, 0.25) is 0 Å². The first-order valence-corrected chi connectivity index (χ1v) is 24.9. The molecule has 0 saturated heterocycles. The summed E-state index contributed by atoms with van der Waals surface area (Å²) >= 11 is 0. The number of rotatable bonds is 45. The summed E-state index contributed by atoms with van der Waals surface area (Å²) < 4.78 is 16.8. The van der Waals surface area contributed by atoms with E-state index in [1.54, 1.807) is 0 Å². The molecule has 0 saturated carbocycles. The number of hydrogen-bond acceptors (Lipinski definition) is 6. The summed E-state index contributed by atoms with van der Waals surface area (Å²) in [6, 6.07) is 0. The van der Waals surface area contributed by atoms with Gasteiger partial charge in [-0.3, -0.25) is 14.4 Å². The predicted molar refractivity (Wildman–Crippen MR) is 238 cm³/mol. The van der Waals surface area contributed by atoms with Gasteiger partial charge in [-0.25, -0.2) is 0 Å². The molecule has 0 aromatic rings. The molecular formula is C50H96O6. The largest absolute Gasteiger partial charge is 0.462 e. The lowest BCUT2D eigenvalue weighted by molar-refractivity contribution is -0.167. The summed E-state index contributed by atoms with van der Waals surface area (Å²) in [5.74, 6) is -0.0394. The van der Waals surface area contributed by atoms with E-state index in [1.165, 1.54) is 173 Å². The predicted octanol–water partition coefficient (Wildman–Crippen LogP) is 15.9. The molecule has 0 spiro atoms. The van der Waals surface area contributed by atoms with Gasteiger partial charge < -0.3 is 14.2 Å². The molecule has 0 aliphatic carbocycles. The van der Waals surface area contributed by atoms with Crippen molar-refractivity contribution >= 4 is 17.9 Å². The normalized spacial score (nSPS) is 11.9. The lowest BCUT2D eigenvalue weighted by Gasteiger charge is -2.18. The van der Waals surface area contributed by atoms with Crippen molar-refractivity contribution in [3.63, 3.8) is 0 Å². The highest BCUT2D eigenvalue weighted by molar-refractivity contribution is 5.71. The van der Waals surface area contributed by atoms with E-state index >= 15 is 0 Å². The van der Waals surface area contributed by atoms with Gasteiger partial charge >= 0.3 is 17.9 Å². The second-order valence-electron chi connectivity index (χ2n) is 17.6. The molecule has 6 nitrogen and oxygen atoms in total. The zero-order chi connectivity index (χ0) is 41.0. The molecular weight excluding hydrogens is 697 g/mol. The molecule has 0 rings (SSSR count). The minimum atomic E-state index is -0.760. The molecule has 0 aromatic carbocycles. The quantitative estimate of drug-likeness (QED) is 0.0347. The minimum absolute atomic E-state index is 0.0632. The van der Waals surface area contributed by atoms with Gasteiger partial charge in [0, 0.05) is 19.3 Å². The van der Waals surface area contributed by atoms with Gasteiger partial charge in [0.1, 0.15) is 13.2 Å². The van der Waals surface area contributed by atoms with Crippen LogP contribution >= 0.6 is 0 Å². The van der Waals surface area contributed by atoms with Crippen LogP contribution < -0.4 is 0 Å². The highest BCUT2D eigenvalue weighted by atomic mass is 16.6. The Balaban J connectivity index is 4.32. The van der Waals surface area contributed by atoms with Gasteiger partial charge in [-0.1, -0.05) is 240 Å². The smallest absolute Gasteiger partial charge is 0.306 e. The van der Waals surface area contributed by atoms with E-state index in [4.69, 9.17) is 14.2 Å². The van der Waals surface area contributed by atoms with Gasteiger partial charge in [0.25, 0.3) is 0 Å². The number of carbonyl (C=O) groups is 3. The van der Waals surface area contributed by atoms with Gasteiger partial charge in [0.05, 0.1) is 0 Å². The maximum atomic E-state index is 12.8. The lowest BCUT2D eigenvalue weighted by Crippen LogP contribution is -2.30. The van der Waals surface area contributed by atoms with Crippen molar-refractivity contribution in [2.45, 2.75) is 284 Å². The number of hydrogen-bond donors (Lipinski definition) is 0. The average Bonchev–Trinajstić information content (AvgIpc) is 3.18. The van der Waals surface area contributed by atoms with Crippen molar-refractivity contribution in [3.05, 3.63) is 0 Å². The third-order valence-electron chi connectivity index (χ3n) is 11.3. The zero-order valence-corrected chi connectivity index (χ0v) is 38.1. The molecule has 0 unspecified atom stereocenters. The van der Waals surface area contributed by atoms with Crippen LogP contribution in [0.5, 0.6) is 0 Å². The summed E-state index contributed by atoms with van der Waals surface area (Å²) in [6.45, 7) is 8.99. The van der Waals surface area contributed by atoms with E-state index < -0.39 is 6.10 Å². The van der Waals surface area contributed by atoms with Crippen LogP contribution in [-0.2, 0) is 28.6 Å². The van der Waals surface area contributed by atoms with Gasteiger partial charge in [-0.05, 0) is 25.2 Å². The first-order chi connectivity index (χ1) is 27.4. The lowest BCUT2D eigenvalue weighted by atomic mass is 10.0. The van der Waals surface area contributed by atoms with Crippen LogP contribution in [0.25, 0.3) is 0 Å².